The average molecular weight is 439 g/mol. The summed E-state index contributed by atoms with van der Waals surface area (Å²) in [6.07, 6.45) is 1.23. The largest absolute Gasteiger partial charge is 0.478 e. The summed E-state index contributed by atoms with van der Waals surface area (Å²) in [7, 11) is -4.08. The van der Waals surface area contributed by atoms with Crippen LogP contribution in [-0.2, 0) is 15.4 Å². The second-order valence-corrected chi connectivity index (χ2v) is 9.95. The molecule has 0 fully saturated rings. The maximum Gasteiger partial charge on any atom is 0.337 e. The topological polar surface area (TPSA) is 121 Å². The first-order chi connectivity index (χ1) is 14.5. The van der Waals surface area contributed by atoms with Crippen molar-refractivity contribution in [3.05, 3.63) is 76.2 Å². The number of benzene rings is 2. The van der Waals surface area contributed by atoms with Crippen molar-refractivity contribution < 1.29 is 18.3 Å². The molecule has 0 radical (unpaired) electrons. The fraction of sp³-hybridized carbons (Fsp3) is 0.182. The SMILES string of the molecule is CC(C)(C)c1ccc(S(=O)(=O)Nn2c(=O)c3[nH]cc(C(=O)O)c3c3ccccc32)cc1. The summed E-state index contributed by atoms with van der Waals surface area (Å²) in [5.74, 6) is -1.19. The zero-order chi connectivity index (χ0) is 22.6. The molecule has 2 heterocycles. The van der Waals surface area contributed by atoms with Gasteiger partial charge in [-0.05, 0) is 29.2 Å². The van der Waals surface area contributed by atoms with Gasteiger partial charge < -0.3 is 10.1 Å². The Hall–Kier alpha value is -3.59. The van der Waals surface area contributed by atoms with Crippen LogP contribution in [-0.4, -0.2) is 29.2 Å². The van der Waals surface area contributed by atoms with Crippen molar-refractivity contribution in [2.45, 2.75) is 31.1 Å². The van der Waals surface area contributed by atoms with E-state index >= 15 is 0 Å². The van der Waals surface area contributed by atoms with Crippen molar-refractivity contribution in [2.24, 2.45) is 0 Å². The molecule has 0 aliphatic carbocycles. The molecule has 0 saturated carbocycles. The maximum absolute atomic E-state index is 13.1. The molecule has 0 amide bonds. The molecular formula is C22H21N3O5S. The van der Waals surface area contributed by atoms with Crippen molar-refractivity contribution in [3.63, 3.8) is 0 Å². The van der Waals surface area contributed by atoms with Crippen LogP contribution in [0.3, 0.4) is 0 Å². The van der Waals surface area contributed by atoms with Gasteiger partial charge in [-0.2, -0.15) is 8.42 Å². The van der Waals surface area contributed by atoms with E-state index in [9.17, 15) is 23.1 Å². The number of hydrogen-bond donors (Lipinski definition) is 3. The molecule has 2 aromatic carbocycles. The molecule has 4 aromatic rings. The Bertz CT molecular complexity index is 1490. The summed E-state index contributed by atoms with van der Waals surface area (Å²) in [5.41, 5.74) is 0.331. The van der Waals surface area contributed by atoms with E-state index in [1.807, 2.05) is 20.8 Å². The molecule has 2 aromatic heterocycles. The van der Waals surface area contributed by atoms with Gasteiger partial charge in [0.15, 0.2) is 0 Å². The highest BCUT2D eigenvalue weighted by atomic mass is 32.2. The van der Waals surface area contributed by atoms with Crippen LogP contribution in [0.25, 0.3) is 21.8 Å². The molecule has 4 rings (SSSR count). The fourth-order valence-corrected chi connectivity index (χ4v) is 4.56. The number of fused-ring (bicyclic) bond motifs is 3. The van der Waals surface area contributed by atoms with Crippen molar-refractivity contribution in [2.75, 3.05) is 4.83 Å². The zero-order valence-electron chi connectivity index (χ0n) is 17.1. The van der Waals surface area contributed by atoms with Crippen LogP contribution in [0.2, 0.25) is 0 Å². The number of carboxylic acid groups (broad SMARTS) is 1. The van der Waals surface area contributed by atoms with Crippen molar-refractivity contribution in [1.29, 1.82) is 0 Å². The van der Waals surface area contributed by atoms with Gasteiger partial charge in [0.1, 0.15) is 5.52 Å². The lowest BCUT2D eigenvalue weighted by Gasteiger charge is -2.19. The van der Waals surface area contributed by atoms with Gasteiger partial charge in [0.2, 0.25) is 0 Å². The van der Waals surface area contributed by atoms with Gasteiger partial charge in [-0.25, -0.2) is 14.3 Å². The maximum atomic E-state index is 13.1. The Labute approximate surface area is 178 Å². The Morgan fingerprint density at radius 2 is 1.71 bits per heavy atom. The van der Waals surface area contributed by atoms with Gasteiger partial charge in [0.05, 0.1) is 16.0 Å². The van der Waals surface area contributed by atoms with Crippen LogP contribution in [0.1, 0.15) is 36.7 Å². The minimum Gasteiger partial charge on any atom is -0.478 e. The van der Waals surface area contributed by atoms with E-state index in [4.69, 9.17) is 0 Å². The van der Waals surface area contributed by atoms with Crippen LogP contribution in [0, 0.1) is 0 Å². The number of nitrogens with zero attached hydrogens (tertiary/aromatic N) is 1. The normalized spacial score (nSPS) is 12.4. The van der Waals surface area contributed by atoms with E-state index in [0.29, 0.717) is 5.39 Å². The van der Waals surface area contributed by atoms with E-state index in [2.05, 4.69) is 9.82 Å². The van der Waals surface area contributed by atoms with Crippen LogP contribution in [0.4, 0.5) is 0 Å². The first-order valence-electron chi connectivity index (χ1n) is 9.52. The van der Waals surface area contributed by atoms with Crippen LogP contribution < -0.4 is 10.4 Å². The van der Waals surface area contributed by atoms with Crippen LogP contribution in [0.5, 0.6) is 0 Å². The quantitative estimate of drug-likeness (QED) is 0.450. The van der Waals surface area contributed by atoms with Gasteiger partial charge >= 0.3 is 5.97 Å². The standard InChI is InChI=1S/C22H21N3O5S/c1-22(2,3)13-8-10-14(11-9-13)31(29,30)24-25-17-7-5-4-6-15(17)18-16(21(27)28)12-23-19(18)20(25)26/h4-12,23-24H,1-3H3,(H,27,28). The van der Waals surface area contributed by atoms with Crippen molar-refractivity contribution in [1.82, 2.24) is 9.66 Å². The first-order valence-corrected chi connectivity index (χ1v) is 11.0. The Balaban J connectivity index is 1.89. The molecular weight excluding hydrogens is 418 g/mol. The minimum atomic E-state index is -4.08. The van der Waals surface area contributed by atoms with E-state index in [0.717, 1.165) is 10.2 Å². The van der Waals surface area contributed by atoms with Gasteiger partial charge in [-0.3, -0.25) is 4.79 Å². The summed E-state index contributed by atoms with van der Waals surface area (Å²) in [4.78, 5) is 29.7. The lowest BCUT2D eigenvalue weighted by atomic mass is 9.87. The third kappa shape index (κ3) is 3.46. The smallest absolute Gasteiger partial charge is 0.337 e. The molecule has 9 heteroatoms. The number of sulfonamides is 1. The number of hydrogen-bond acceptors (Lipinski definition) is 4. The predicted octanol–water partition coefficient (Wildman–Crippen LogP) is 3.41. The highest BCUT2D eigenvalue weighted by Gasteiger charge is 2.22. The summed E-state index contributed by atoms with van der Waals surface area (Å²) in [6.45, 7) is 6.08. The highest BCUT2D eigenvalue weighted by molar-refractivity contribution is 7.92. The molecule has 0 unspecified atom stereocenters. The number of pyridine rings is 1. The number of para-hydroxylation sites is 1. The van der Waals surface area contributed by atoms with Crippen molar-refractivity contribution >= 4 is 37.8 Å². The molecule has 0 saturated heterocycles. The second kappa shape index (κ2) is 6.98. The zero-order valence-corrected chi connectivity index (χ0v) is 17.9. The summed E-state index contributed by atoms with van der Waals surface area (Å²) >= 11 is 0. The molecule has 0 aliphatic rings. The number of carbonyl (C=O) groups is 1. The molecule has 8 nitrogen and oxygen atoms in total. The molecule has 0 atom stereocenters. The lowest BCUT2D eigenvalue weighted by molar-refractivity contribution is 0.0699. The van der Waals surface area contributed by atoms with E-state index in [1.54, 1.807) is 36.4 Å². The number of nitrogens with one attached hydrogen (secondary N) is 2. The molecule has 31 heavy (non-hydrogen) atoms. The van der Waals surface area contributed by atoms with Gasteiger partial charge in [0, 0.05) is 17.0 Å². The Morgan fingerprint density at radius 3 is 2.32 bits per heavy atom. The van der Waals surface area contributed by atoms with Crippen molar-refractivity contribution in [3.8, 4) is 0 Å². The summed E-state index contributed by atoms with van der Waals surface area (Å²) < 4.78 is 27.0. The lowest BCUT2D eigenvalue weighted by Crippen LogP contribution is -2.33. The first kappa shape index (κ1) is 20.7. The second-order valence-electron chi connectivity index (χ2n) is 8.28. The Morgan fingerprint density at radius 1 is 1.06 bits per heavy atom. The fourth-order valence-electron chi connectivity index (χ4n) is 3.54. The van der Waals surface area contributed by atoms with E-state index in [1.165, 1.54) is 18.3 Å². The molecule has 3 N–H and O–H groups in total. The number of carboxylic acids is 1. The van der Waals surface area contributed by atoms with Gasteiger partial charge in [-0.1, -0.05) is 51.1 Å². The number of aromatic nitrogens is 2. The van der Waals surface area contributed by atoms with E-state index in [-0.39, 0.29) is 32.3 Å². The Kier molecular flexibility index (Phi) is 4.66. The monoisotopic (exact) mass is 439 g/mol. The van der Waals surface area contributed by atoms with Crippen LogP contribution >= 0.6 is 0 Å². The van der Waals surface area contributed by atoms with Gasteiger partial charge in [-0.15, -0.1) is 0 Å². The average Bonchev–Trinajstić information content (AvgIpc) is 3.16. The highest BCUT2D eigenvalue weighted by Crippen LogP contribution is 2.27. The molecule has 0 aliphatic heterocycles. The van der Waals surface area contributed by atoms with E-state index < -0.39 is 21.6 Å². The number of aromatic amines is 1. The number of aromatic carboxylic acids is 1. The molecule has 0 bridgehead atoms. The summed E-state index contributed by atoms with van der Waals surface area (Å²) in [5, 5.41) is 10.1. The number of rotatable bonds is 4. The third-order valence-corrected chi connectivity index (χ3v) is 6.50. The van der Waals surface area contributed by atoms with Crippen LogP contribution in [0.15, 0.2) is 64.4 Å². The molecule has 0 spiro atoms. The van der Waals surface area contributed by atoms with Gasteiger partial charge in [0.25, 0.3) is 15.6 Å². The predicted molar refractivity (Wildman–Crippen MR) is 119 cm³/mol. The summed E-state index contributed by atoms with van der Waals surface area (Å²) in [6, 6.07) is 13.0. The third-order valence-electron chi connectivity index (χ3n) is 5.18. The molecule has 160 valence electrons. The number of H-pyrrole nitrogens is 1. The minimum absolute atomic E-state index is 0.00174.